The lowest BCUT2D eigenvalue weighted by Crippen LogP contribution is -2.19. The van der Waals surface area contributed by atoms with Crippen LogP contribution in [0.2, 0.25) is 0 Å². The zero-order valence-corrected chi connectivity index (χ0v) is 10.2. The molecule has 0 radical (unpaired) electrons. The van der Waals surface area contributed by atoms with Crippen molar-refractivity contribution in [1.29, 1.82) is 0 Å². The Balaban J connectivity index is 2.01. The fourth-order valence-corrected chi connectivity index (χ4v) is 3.47. The number of likely N-dealkylation sites (tertiary alicyclic amines) is 1. The molecule has 1 aliphatic heterocycles. The van der Waals surface area contributed by atoms with Crippen LogP contribution in [0, 0.1) is 0 Å². The maximum Gasteiger partial charge on any atom is 0.346 e. The fourth-order valence-electron chi connectivity index (χ4n) is 2.45. The van der Waals surface area contributed by atoms with Crippen LogP contribution < -0.4 is 0 Å². The molecular formula is C12H14N2O2S. The molecule has 2 N–H and O–H groups in total. The van der Waals surface area contributed by atoms with Gasteiger partial charge in [-0.2, -0.15) is 0 Å². The number of hydrogen-bond donors (Lipinski definition) is 2. The molecule has 0 unspecified atom stereocenters. The number of nitrogens with one attached hydrogen (secondary N) is 1. The number of aromatic nitrogens is 1. The van der Waals surface area contributed by atoms with Crippen molar-refractivity contribution in [2.45, 2.75) is 19.4 Å². The average molecular weight is 250 g/mol. The molecule has 2 aromatic rings. The first-order valence-electron chi connectivity index (χ1n) is 5.80. The van der Waals surface area contributed by atoms with Gasteiger partial charge in [0, 0.05) is 18.3 Å². The highest BCUT2D eigenvalue weighted by atomic mass is 32.1. The maximum atomic E-state index is 11.2. The van der Waals surface area contributed by atoms with E-state index < -0.39 is 5.97 Å². The molecule has 1 fully saturated rings. The Labute approximate surface area is 103 Å². The Morgan fingerprint density at radius 3 is 2.94 bits per heavy atom. The first-order valence-corrected chi connectivity index (χ1v) is 6.62. The normalized spacial score (nSPS) is 16.9. The lowest BCUT2D eigenvalue weighted by molar-refractivity contribution is 0.0700. The third kappa shape index (κ3) is 1.85. The van der Waals surface area contributed by atoms with Crippen LogP contribution in [0.4, 0.5) is 0 Å². The minimum atomic E-state index is -0.811. The molecule has 1 aliphatic rings. The van der Waals surface area contributed by atoms with E-state index >= 15 is 0 Å². The van der Waals surface area contributed by atoms with Crippen molar-refractivity contribution in [3.05, 3.63) is 22.7 Å². The molecule has 2 aromatic heterocycles. The second-order valence-corrected chi connectivity index (χ2v) is 5.47. The van der Waals surface area contributed by atoms with E-state index in [0.29, 0.717) is 4.88 Å². The second kappa shape index (κ2) is 4.16. The van der Waals surface area contributed by atoms with Crippen LogP contribution >= 0.6 is 11.3 Å². The minimum absolute atomic E-state index is 0.485. The lowest BCUT2D eigenvalue weighted by Gasteiger charge is -2.14. The standard InChI is InChI=1S/C12H14N2O2S/c15-12(16)11-8(7-14-5-1-2-6-14)10-9(17-11)3-4-13-10/h3-4,13H,1-2,5-7H2,(H,15,16). The quantitative estimate of drug-likeness (QED) is 0.880. The van der Waals surface area contributed by atoms with Gasteiger partial charge in [-0.05, 0) is 32.0 Å². The molecule has 1 saturated heterocycles. The van der Waals surface area contributed by atoms with E-state index in [1.165, 1.54) is 24.2 Å². The summed E-state index contributed by atoms with van der Waals surface area (Å²) < 4.78 is 1.04. The zero-order chi connectivity index (χ0) is 11.8. The van der Waals surface area contributed by atoms with Crippen molar-refractivity contribution < 1.29 is 9.90 Å². The summed E-state index contributed by atoms with van der Waals surface area (Å²) in [6.07, 6.45) is 4.32. The van der Waals surface area contributed by atoms with Gasteiger partial charge in [-0.1, -0.05) is 0 Å². The van der Waals surface area contributed by atoms with Gasteiger partial charge in [0.2, 0.25) is 0 Å². The molecule has 3 rings (SSSR count). The monoisotopic (exact) mass is 250 g/mol. The number of fused-ring (bicyclic) bond motifs is 1. The topological polar surface area (TPSA) is 56.3 Å². The Hall–Kier alpha value is -1.33. The van der Waals surface area contributed by atoms with E-state index in [1.807, 2.05) is 12.3 Å². The first kappa shape index (κ1) is 10.8. The number of H-pyrrole nitrogens is 1. The summed E-state index contributed by atoms with van der Waals surface area (Å²) in [5, 5.41) is 9.24. The van der Waals surface area contributed by atoms with Crippen LogP contribution in [0.1, 0.15) is 28.1 Å². The largest absolute Gasteiger partial charge is 0.477 e. The van der Waals surface area contributed by atoms with Gasteiger partial charge in [0.15, 0.2) is 0 Å². The number of rotatable bonds is 3. The predicted octanol–water partition coefficient (Wildman–Crippen LogP) is 2.52. The molecule has 17 heavy (non-hydrogen) atoms. The molecule has 0 spiro atoms. The maximum absolute atomic E-state index is 11.2. The SMILES string of the molecule is O=C(O)c1sc2cc[nH]c2c1CN1CCCC1. The van der Waals surface area contributed by atoms with Gasteiger partial charge in [-0.3, -0.25) is 4.90 Å². The molecular weight excluding hydrogens is 236 g/mol. The van der Waals surface area contributed by atoms with Gasteiger partial charge in [0.1, 0.15) is 4.88 Å². The Bertz CT molecular complexity index is 552. The van der Waals surface area contributed by atoms with E-state index in [-0.39, 0.29) is 0 Å². The molecule has 3 heterocycles. The van der Waals surface area contributed by atoms with Crippen molar-refractivity contribution in [2.75, 3.05) is 13.1 Å². The Morgan fingerprint density at radius 1 is 1.47 bits per heavy atom. The van der Waals surface area contributed by atoms with Gasteiger partial charge in [0.05, 0.1) is 10.2 Å². The van der Waals surface area contributed by atoms with Crippen molar-refractivity contribution in [3.8, 4) is 0 Å². The molecule has 0 atom stereocenters. The molecule has 5 heteroatoms. The summed E-state index contributed by atoms with van der Waals surface area (Å²) in [4.78, 5) is 17.2. The molecule has 0 saturated carbocycles. The lowest BCUT2D eigenvalue weighted by atomic mass is 10.2. The van der Waals surface area contributed by atoms with Crippen molar-refractivity contribution in [3.63, 3.8) is 0 Å². The smallest absolute Gasteiger partial charge is 0.346 e. The number of hydrogen-bond acceptors (Lipinski definition) is 3. The summed E-state index contributed by atoms with van der Waals surface area (Å²) >= 11 is 1.36. The van der Waals surface area contributed by atoms with E-state index in [9.17, 15) is 9.90 Å². The van der Waals surface area contributed by atoms with E-state index in [4.69, 9.17) is 0 Å². The number of thiophene rings is 1. The summed E-state index contributed by atoms with van der Waals surface area (Å²) in [6.45, 7) is 2.91. The summed E-state index contributed by atoms with van der Waals surface area (Å²) in [5.41, 5.74) is 1.95. The van der Waals surface area contributed by atoms with Crippen LogP contribution in [0.5, 0.6) is 0 Å². The molecule has 0 amide bonds. The summed E-state index contributed by atoms with van der Waals surface area (Å²) in [7, 11) is 0. The van der Waals surface area contributed by atoms with Gasteiger partial charge >= 0.3 is 5.97 Å². The van der Waals surface area contributed by atoms with Gasteiger partial charge < -0.3 is 10.1 Å². The Kier molecular flexibility index (Phi) is 2.64. The summed E-state index contributed by atoms with van der Waals surface area (Å²) in [6, 6.07) is 1.94. The molecule has 0 aromatic carbocycles. The number of carboxylic acids is 1. The van der Waals surface area contributed by atoms with Crippen LogP contribution in [0.3, 0.4) is 0 Å². The van der Waals surface area contributed by atoms with E-state index in [1.54, 1.807) is 0 Å². The molecule has 0 bridgehead atoms. The third-order valence-corrected chi connectivity index (χ3v) is 4.46. The van der Waals surface area contributed by atoms with Crippen LogP contribution in [-0.2, 0) is 6.54 Å². The van der Waals surface area contributed by atoms with E-state index in [2.05, 4.69) is 9.88 Å². The van der Waals surface area contributed by atoms with Crippen LogP contribution in [0.25, 0.3) is 10.2 Å². The van der Waals surface area contributed by atoms with E-state index in [0.717, 1.165) is 35.4 Å². The zero-order valence-electron chi connectivity index (χ0n) is 9.40. The van der Waals surface area contributed by atoms with Gasteiger partial charge in [-0.15, -0.1) is 11.3 Å². The Morgan fingerprint density at radius 2 is 2.24 bits per heavy atom. The highest BCUT2D eigenvalue weighted by Crippen LogP contribution is 2.32. The highest BCUT2D eigenvalue weighted by molar-refractivity contribution is 7.21. The van der Waals surface area contributed by atoms with Crippen molar-refractivity contribution in [2.24, 2.45) is 0 Å². The molecule has 4 nitrogen and oxygen atoms in total. The van der Waals surface area contributed by atoms with Crippen LogP contribution in [0.15, 0.2) is 12.3 Å². The third-order valence-electron chi connectivity index (χ3n) is 3.27. The molecule has 90 valence electrons. The predicted molar refractivity (Wildman–Crippen MR) is 67.6 cm³/mol. The van der Waals surface area contributed by atoms with Crippen molar-refractivity contribution >= 4 is 27.5 Å². The summed E-state index contributed by atoms with van der Waals surface area (Å²) in [5.74, 6) is -0.811. The number of aromatic carboxylic acids is 1. The number of carboxylic acid groups (broad SMARTS) is 1. The molecule has 0 aliphatic carbocycles. The second-order valence-electron chi connectivity index (χ2n) is 4.42. The highest BCUT2D eigenvalue weighted by Gasteiger charge is 2.21. The minimum Gasteiger partial charge on any atom is -0.477 e. The number of nitrogens with zero attached hydrogens (tertiary/aromatic N) is 1. The van der Waals surface area contributed by atoms with Crippen LogP contribution in [-0.4, -0.2) is 34.0 Å². The fraction of sp³-hybridized carbons (Fsp3) is 0.417. The number of carbonyl (C=O) groups is 1. The van der Waals surface area contributed by atoms with Gasteiger partial charge in [-0.25, -0.2) is 4.79 Å². The number of aromatic amines is 1. The first-order chi connectivity index (χ1) is 8.25. The van der Waals surface area contributed by atoms with Gasteiger partial charge in [0.25, 0.3) is 0 Å². The van der Waals surface area contributed by atoms with Crippen molar-refractivity contribution in [1.82, 2.24) is 9.88 Å². The average Bonchev–Trinajstić information content (AvgIpc) is 2.96.